The number of hydrogen-bond acceptors (Lipinski definition) is 4. The third kappa shape index (κ3) is 4.06. The van der Waals surface area contributed by atoms with E-state index in [9.17, 15) is 0 Å². The molecule has 1 aromatic carbocycles. The molecule has 0 amide bonds. The lowest BCUT2D eigenvalue weighted by atomic mass is 9.88. The van der Waals surface area contributed by atoms with Gasteiger partial charge in [0.25, 0.3) is 0 Å². The first-order valence-corrected chi connectivity index (χ1v) is 8.19. The van der Waals surface area contributed by atoms with Gasteiger partial charge in [-0.3, -0.25) is 0 Å². The second-order valence-electron chi connectivity index (χ2n) is 6.18. The number of ether oxygens (including phenoxy) is 2. The van der Waals surface area contributed by atoms with Gasteiger partial charge in [-0.1, -0.05) is 20.8 Å². The fourth-order valence-corrected chi connectivity index (χ4v) is 3.56. The van der Waals surface area contributed by atoms with Gasteiger partial charge in [0.15, 0.2) is 11.5 Å². The minimum Gasteiger partial charge on any atom is -0.490 e. The van der Waals surface area contributed by atoms with Gasteiger partial charge in [0, 0.05) is 23.1 Å². The smallest absolute Gasteiger partial charge is 0.162 e. The lowest BCUT2D eigenvalue weighted by molar-refractivity contribution is 0.297. The van der Waals surface area contributed by atoms with E-state index in [0.717, 1.165) is 36.9 Å². The highest BCUT2D eigenvalue weighted by Gasteiger charge is 2.23. The summed E-state index contributed by atoms with van der Waals surface area (Å²) < 4.78 is 11.4. The summed E-state index contributed by atoms with van der Waals surface area (Å²) in [5, 5.41) is 3.41. The van der Waals surface area contributed by atoms with E-state index in [4.69, 9.17) is 9.47 Å². The third-order valence-electron chi connectivity index (χ3n) is 3.53. The van der Waals surface area contributed by atoms with Gasteiger partial charge in [0.05, 0.1) is 13.2 Å². The van der Waals surface area contributed by atoms with Crippen molar-refractivity contribution in [3.63, 3.8) is 0 Å². The van der Waals surface area contributed by atoms with E-state index in [2.05, 4.69) is 38.2 Å². The van der Waals surface area contributed by atoms with Crippen LogP contribution >= 0.6 is 11.8 Å². The Kier molecular flexibility index (Phi) is 5.22. The quantitative estimate of drug-likeness (QED) is 0.860. The van der Waals surface area contributed by atoms with E-state index < -0.39 is 0 Å². The first-order chi connectivity index (χ1) is 9.50. The van der Waals surface area contributed by atoms with E-state index in [0.29, 0.717) is 6.04 Å². The van der Waals surface area contributed by atoms with Crippen molar-refractivity contribution in [2.45, 2.75) is 38.1 Å². The van der Waals surface area contributed by atoms with E-state index in [1.165, 1.54) is 4.90 Å². The van der Waals surface area contributed by atoms with Crippen molar-refractivity contribution in [2.24, 2.45) is 5.41 Å². The van der Waals surface area contributed by atoms with Crippen LogP contribution in [0.5, 0.6) is 11.5 Å². The normalized spacial score (nSPS) is 16.6. The zero-order valence-electron chi connectivity index (χ0n) is 12.9. The maximum atomic E-state index is 5.74. The van der Waals surface area contributed by atoms with E-state index in [-0.39, 0.29) is 5.41 Å². The molecule has 2 rings (SSSR count). The molecule has 1 heterocycles. The highest BCUT2D eigenvalue weighted by atomic mass is 32.2. The molecule has 0 fully saturated rings. The molecular weight excluding hydrogens is 270 g/mol. The highest BCUT2D eigenvalue weighted by molar-refractivity contribution is 7.99. The predicted octanol–water partition coefficient (Wildman–Crippen LogP) is 3.57. The zero-order valence-corrected chi connectivity index (χ0v) is 13.7. The zero-order chi connectivity index (χ0) is 14.6. The minimum absolute atomic E-state index is 0.257. The van der Waals surface area contributed by atoms with Crippen LogP contribution < -0.4 is 14.8 Å². The summed E-state index contributed by atoms with van der Waals surface area (Å²) in [6.45, 7) is 8.28. The van der Waals surface area contributed by atoms with Crippen LogP contribution in [-0.2, 0) is 0 Å². The summed E-state index contributed by atoms with van der Waals surface area (Å²) in [6, 6.07) is 6.71. The van der Waals surface area contributed by atoms with Crippen molar-refractivity contribution in [3.8, 4) is 11.5 Å². The van der Waals surface area contributed by atoms with Gasteiger partial charge in [-0.2, -0.15) is 0 Å². The molecule has 1 N–H and O–H groups in total. The van der Waals surface area contributed by atoms with Crippen molar-refractivity contribution in [1.82, 2.24) is 5.32 Å². The van der Waals surface area contributed by atoms with E-state index in [1.807, 2.05) is 24.9 Å². The molecule has 0 radical (unpaired) electrons. The van der Waals surface area contributed by atoms with Crippen molar-refractivity contribution in [1.29, 1.82) is 0 Å². The molecule has 1 aliphatic heterocycles. The number of rotatable bonds is 4. The molecule has 0 bridgehead atoms. The van der Waals surface area contributed by atoms with Gasteiger partial charge in [-0.05, 0) is 30.7 Å². The molecule has 1 aromatic rings. The van der Waals surface area contributed by atoms with Gasteiger partial charge in [0.1, 0.15) is 0 Å². The summed E-state index contributed by atoms with van der Waals surface area (Å²) in [4.78, 5) is 1.23. The van der Waals surface area contributed by atoms with E-state index in [1.54, 1.807) is 0 Å². The number of hydrogen-bond donors (Lipinski definition) is 1. The Morgan fingerprint density at radius 3 is 2.55 bits per heavy atom. The molecule has 1 aliphatic rings. The Morgan fingerprint density at radius 2 is 1.90 bits per heavy atom. The Labute approximate surface area is 126 Å². The molecule has 1 atom stereocenters. The monoisotopic (exact) mass is 295 g/mol. The van der Waals surface area contributed by atoms with Crippen molar-refractivity contribution in [3.05, 3.63) is 18.2 Å². The van der Waals surface area contributed by atoms with Gasteiger partial charge < -0.3 is 14.8 Å². The molecule has 0 aliphatic carbocycles. The van der Waals surface area contributed by atoms with Crippen LogP contribution in [0.1, 0.15) is 27.2 Å². The summed E-state index contributed by atoms with van der Waals surface area (Å²) in [7, 11) is 2.03. The first-order valence-electron chi connectivity index (χ1n) is 7.20. The lowest BCUT2D eigenvalue weighted by Crippen LogP contribution is -2.40. The summed E-state index contributed by atoms with van der Waals surface area (Å²) >= 11 is 1.86. The number of benzene rings is 1. The molecule has 20 heavy (non-hydrogen) atoms. The average molecular weight is 295 g/mol. The lowest BCUT2D eigenvalue weighted by Gasteiger charge is -2.30. The fraction of sp³-hybridized carbons (Fsp3) is 0.625. The Hall–Kier alpha value is -0.870. The summed E-state index contributed by atoms with van der Waals surface area (Å²) in [5.41, 5.74) is 0.257. The minimum atomic E-state index is 0.257. The molecule has 0 saturated heterocycles. The van der Waals surface area contributed by atoms with Gasteiger partial charge >= 0.3 is 0 Å². The van der Waals surface area contributed by atoms with Crippen LogP contribution in [0.25, 0.3) is 0 Å². The molecule has 4 heteroatoms. The average Bonchev–Trinajstić information content (AvgIpc) is 2.62. The van der Waals surface area contributed by atoms with Gasteiger partial charge in [0.2, 0.25) is 0 Å². The van der Waals surface area contributed by atoms with Crippen molar-refractivity contribution >= 4 is 11.8 Å². The largest absolute Gasteiger partial charge is 0.490 e. The predicted molar refractivity (Wildman–Crippen MR) is 85.1 cm³/mol. The highest BCUT2D eigenvalue weighted by Crippen LogP contribution is 2.35. The summed E-state index contributed by atoms with van der Waals surface area (Å²) in [6.07, 6.45) is 0.947. The van der Waals surface area contributed by atoms with Gasteiger partial charge in [-0.15, -0.1) is 11.8 Å². The second kappa shape index (κ2) is 6.72. The molecule has 0 spiro atoms. The molecule has 112 valence electrons. The Bertz CT molecular complexity index is 443. The third-order valence-corrected chi connectivity index (χ3v) is 4.62. The van der Waals surface area contributed by atoms with Gasteiger partial charge in [-0.25, -0.2) is 0 Å². The van der Waals surface area contributed by atoms with E-state index >= 15 is 0 Å². The van der Waals surface area contributed by atoms with Crippen LogP contribution in [0.4, 0.5) is 0 Å². The molecular formula is C16H25NO2S. The van der Waals surface area contributed by atoms with Crippen molar-refractivity contribution in [2.75, 3.05) is 26.0 Å². The maximum Gasteiger partial charge on any atom is 0.162 e. The first kappa shape index (κ1) is 15.5. The maximum absolute atomic E-state index is 5.74. The summed E-state index contributed by atoms with van der Waals surface area (Å²) in [5.74, 6) is 2.79. The van der Waals surface area contributed by atoms with Crippen LogP contribution in [0.3, 0.4) is 0 Å². The molecule has 1 unspecified atom stereocenters. The van der Waals surface area contributed by atoms with Crippen LogP contribution in [0, 0.1) is 5.41 Å². The standard InChI is InChI=1S/C16H25NO2S/c1-16(2,3)15(17-4)11-20-12-6-7-13-14(10-12)19-9-5-8-18-13/h6-7,10,15,17H,5,8-9,11H2,1-4H3. The molecule has 0 aromatic heterocycles. The number of thioether (sulfide) groups is 1. The Morgan fingerprint density at radius 1 is 1.20 bits per heavy atom. The van der Waals surface area contributed by atoms with Crippen LogP contribution in [0.2, 0.25) is 0 Å². The SMILES string of the molecule is CNC(CSc1ccc2c(c1)OCCCO2)C(C)(C)C. The topological polar surface area (TPSA) is 30.5 Å². The van der Waals surface area contributed by atoms with Crippen LogP contribution in [-0.4, -0.2) is 32.1 Å². The Balaban J connectivity index is 2.01. The fourth-order valence-electron chi connectivity index (χ4n) is 2.18. The molecule has 0 saturated carbocycles. The van der Waals surface area contributed by atoms with Crippen molar-refractivity contribution < 1.29 is 9.47 Å². The molecule has 3 nitrogen and oxygen atoms in total. The van der Waals surface area contributed by atoms with Crippen LogP contribution in [0.15, 0.2) is 23.1 Å². The number of fused-ring (bicyclic) bond motifs is 1. The number of nitrogens with one attached hydrogen (secondary N) is 1. The second-order valence-corrected chi connectivity index (χ2v) is 7.27.